The third kappa shape index (κ3) is 4.45. The molecular formula is C29H27NO6S. The van der Waals surface area contributed by atoms with Crippen molar-refractivity contribution in [1.29, 1.82) is 0 Å². The molecule has 0 amide bonds. The minimum Gasteiger partial charge on any atom is -0.480 e. The molecule has 2 fully saturated rings. The Morgan fingerprint density at radius 3 is 2.51 bits per heavy atom. The normalized spacial score (nSPS) is 20.5. The van der Waals surface area contributed by atoms with Crippen LogP contribution in [0.5, 0.6) is 11.5 Å². The van der Waals surface area contributed by atoms with Crippen molar-refractivity contribution in [3.63, 3.8) is 0 Å². The highest BCUT2D eigenvalue weighted by Gasteiger charge is 2.50. The number of ketones is 1. The summed E-state index contributed by atoms with van der Waals surface area (Å²) in [4.78, 5) is 25.5. The maximum atomic E-state index is 13.4. The van der Waals surface area contributed by atoms with Crippen molar-refractivity contribution in [1.82, 2.24) is 4.31 Å². The van der Waals surface area contributed by atoms with Gasteiger partial charge < -0.3 is 14.6 Å². The third-order valence-corrected chi connectivity index (χ3v) is 9.13. The number of benzene rings is 3. The van der Waals surface area contributed by atoms with E-state index in [0.717, 1.165) is 47.3 Å². The number of rotatable bonds is 8. The van der Waals surface area contributed by atoms with E-state index >= 15 is 0 Å². The predicted octanol–water partition coefficient (Wildman–Crippen LogP) is 4.50. The molecule has 7 nitrogen and oxygen atoms in total. The van der Waals surface area contributed by atoms with E-state index in [1.807, 2.05) is 54.6 Å². The van der Waals surface area contributed by atoms with Crippen LogP contribution in [0, 0.1) is 0 Å². The van der Waals surface area contributed by atoms with Crippen LogP contribution in [0.15, 0.2) is 71.6 Å². The lowest BCUT2D eigenvalue weighted by Crippen LogP contribution is -2.37. The fraction of sp³-hybridized carbons (Fsp3) is 0.310. The van der Waals surface area contributed by atoms with E-state index in [2.05, 4.69) is 0 Å². The summed E-state index contributed by atoms with van der Waals surface area (Å²) in [5.74, 6) is 0.691. The van der Waals surface area contributed by atoms with Crippen LogP contribution in [0.2, 0.25) is 0 Å². The van der Waals surface area contributed by atoms with Crippen LogP contribution >= 0.6 is 0 Å². The largest absolute Gasteiger partial charge is 0.480 e. The molecule has 1 saturated carbocycles. The number of ether oxygens (including phenoxy) is 2. The fourth-order valence-corrected chi connectivity index (χ4v) is 6.71. The number of carbonyl (C=O) groups excluding carboxylic acids is 1. The van der Waals surface area contributed by atoms with Crippen LogP contribution in [0.25, 0.3) is 11.1 Å². The molecule has 1 saturated heterocycles. The molecule has 8 heteroatoms. The second-order valence-corrected chi connectivity index (χ2v) is 11.3. The number of carboxylic acid groups (broad SMARTS) is 1. The number of nitrogens with zero attached hydrogens (tertiary/aromatic N) is 1. The van der Waals surface area contributed by atoms with Gasteiger partial charge in [-0.05, 0) is 72.2 Å². The molecule has 0 radical (unpaired) electrons. The van der Waals surface area contributed by atoms with Gasteiger partial charge in [-0.15, -0.1) is 0 Å². The van der Waals surface area contributed by atoms with Gasteiger partial charge in [0, 0.05) is 13.0 Å². The Morgan fingerprint density at radius 2 is 1.76 bits per heavy atom. The Hall–Kier alpha value is -3.49. The average Bonchev–Trinajstić information content (AvgIpc) is 3.34. The summed E-state index contributed by atoms with van der Waals surface area (Å²) in [6.45, 7) is 0.722. The SMILES string of the molecule is O=C(O)[C@@H]1CCCN1S(=O)c1ccc(-c2cccc(CC(=O)C3(c4ccc5c(c4)OCO5)CC3)c2)cc1. The van der Waals surface area contributed by atoms with Gasteiger partial charge in [0.2, 0.25) is 6.79 Å². The Bertz CT molecular complexity index is 1400. The van der Waals surface area contributed by atoms with E-state index in [4.69, 9.17) is 9.47 Å². The zero-order chi connectivity index (χ0) is 25.6. The first-order chi connectivity index (χ1) is 17.9. The first-order valence-electron chi connectivity index (χ1n) is 12.5. The van der Waals surface area contributed by atoms with Crippen LogP contribution in [0.3, 0.4) is 0 Å². The van der Waals surface area contributed by atoms with Gasteiger partial charge in [-0.2, -0.15) is 0 Å². The lowest BCUT2D eigenvalue weighted by atomic mass is 9.87. The highest BCUT2D eigenvalue weighted by atomic mass is 32.2. The van der Waals surface area contributed by atoms with Gasteiger partial charge >= 0.3 is 5.97 Å². The van der Waals surface area contributed by atoms with Gasteiger partial charge in [-0.1, -0.05) is 42.5 Å². The molecule has 6 rings (SSSR count). The zero-order valence-corrected chi connectivity index (χ0v) is 21.0. The quantitative estimate of drug-likeness (QED) is 0.473. The van der Waals surface area contributed by atoms with E-state index in [0.29, 0.717) is 30.0 Å². The summed E-state index contributed by atoms with van der Waals surface area (Å²) in [6, 6.07) is 20.4. The van der Waals surface area contributed by atoms with Gasteiger partial charge in [-0.3, -0.25) is 9.59 Å². The fourth-order valence-electron chi connectivity index (χ4n) is 5.35. The number of Topliss-reactive ketones (excluding diaryl/α,β-unsaturated/α-hetero) is 1. The molecule has 3 aliphatic rings. The van der Waals surface area contributed by atoms with Crippen LogP contribution in [0.4, 0.5) is 0 Å². The molecule has 1 N–H and O–H groups in total. The molecule has 0 aromatic heterocycles. The molecule has 1 unspecified atom stereocenters. The monoisotopic (exact) mass is 517 g/mol. The second kappa shape index (κ2) is 9.43. The summed E-state index contributed by atoms with van der Waals surface area (Å²) < 4.78 is 25.5. The third-order valence-electron chi connectivity index (χ3n) is 7.59. The molecule has 37 heavy (non-hydrogen) atoms. The van der Waals surface area contributed by atoms with Gasteiger partial charge in [0.1, 0.15) is 22.8 Å². The Morgan fingerprint density at radius 1 is 0.973 bits per heavy atom. The summed E-state index contributed by atoms with van der Waals surface area (Å²) in [5.41, 5.74) is 3.41. The van der Waals surface area contributed by atoms with Gasteiger partial charge in [0.25, 0.3) is 0 Å². The number of carboxylic acids is 1. The molecule has 2 atom stereocenters. The molecule has 3 aromatic carbocycles. The van der Waals surface area contributed by atoms with Crippen LogP contribution in [-0.4, -0.2) is 44.8 Å². The summed E-state index contributed by atoms with van der Waals surface area (Å²) in [6.07, 6.45) is 3.26. The van der Waals surface area contributed by atoms with E-state index in [-0.39, 0.29) is 12.6 Å². The smallest absolute Gasteiger partial charge is 0.321 e. The zero-order valence-electron chi connectivity index (χ0n) is 20.2. The van der Waals surface area contributed by atoms with E-state index in [1.165, 1.54) is 0 Å². The van der Waals surface area contributed by atoms with Crippen LogP contribution in [0.1, 0.15) is 36.8 Å². The first kappa shape index (κ1) is 23.9. The minimum atomic E-state index is -1.52. The van der Waals surface area contributed by atoms with Crippen LogP contribution < -0.4 is 9.47 Å². The highest BCUT2D eigenvalue weighted by Crippen LogP contribution is 2.51. The highest BCUT2D eigenvalue weighted by molar-refractivity contribution is 7.82. The Labute approximate surface area is 217 Å². The maximum Gasteiger partial charge on any atom is 0.321 e. The Balaban J connectivity index is 1.17. The molecule has 2 heterocycles. The number of fused-ring (bicyclic) bond motifs is 1. The van der Waals surface area contributed by atoms with Crippen molar-refractivity contribution in [3.05, 3.63) is 77.9 Å². The van der Waals surface area contributed by atoms with Crippen molar-refractivity contribution in [2.45, 2.75) is 48.5 Å². The van der Waals surface area contributed by atoms with Crippen molar-refractivity contribution in [3.8, 4) is 22.6 Å². The summed E-state index contributed by atoms with van der Waals surface area (Å²) >= 11 is 0. The summed E-state index contributed by atoms with van der Waals surface area (Å²) in [7, 11) is -1.52. The Kier molecular flexibility index (Phi) is 6.09. The predicted molar refractivity (Wildman–Crippen MR) is 138 cm³/mol. The number of carbonyl (C=O) groups is 2. The van der Waals surface area contributed by atoms with Crippen molar-refractivity contribution < 1.29 is 28.4 Å². The van der Waals surface area contributed by atoms with E-state index < -0.39 is 28.4 Å². The second-order valence-electron chi connectivity index (χ2n) is 9.86. The van der Waals surface area contributed by atoms with Crippen molar-refractivity contribution in [2.75, 3.05) is 13.3 Å². The van der Waals surface area contributed by atoms with E-state index in [9.17, 15) is 18.9 Å². The van der Waals surface area contributed by atoms with Crippen molar-refractivity contribution >= 4 is 22.7 Å². The molecular weight excluding hydrogens is 490 g/mol. The lowest BCUT2D eigenvalue weighted by Gasteiger charge is -2.19. The van der Waals surface area contributed by atoms with Gasteiger partial charge in [-0.25, -0.2) is 8.51 Å². The molecule has 3 aromatic rings. The van der Waals surface area contributed by atoms with Gasteiger partial charge in [0.15, 0.2) is 11.5 Å². The molecule has 0 bridgehead atoms. The van der Waals surface area contributed by atoms with Crippen LogP contribution in [-0.2, 0) is 32.4 Å². The standard InChI is InChI=1S/C29H27NO6S/c31-27(29(12-13-29)22-8-11-25-26(17-22)36-18-35-25)16-19-3-1-4-21(15-19)20-6-9-23(10-7-20)37(34)30-14-2-5-24(30)28(32)33/h1,3-4,6-11,15,17,24H,2,5,12-14,16,18H2,(H,32,33)/t24-,37?/m0/s1. The number of hydrogen-bond acceptors (Lipinski definition) is 5. The molecule has 2 aliphatic heterocycles. The lowest BCUT2D eigenvalue weighted by molar-refractivity contribution is -0.140. The molecule has 0 spiro atoms. The number of hydrogen-bond donors (Lipinski definition) is 1. The first-order valence-corrected chi connectivity index (χ1v) is 13.6. The average molecular weight is 518 g/mol. The van der Waals surface area contributed by atoms with Gasteiger partial charge in [0.05, 0.1) is 10.3 Å². The maximum absolute atomic E-state index is 13.4. The van der Waals surface area contributed by atoms with E-state index in [1.54, 1.807) is 16.4 Å². The number of aliphatic carboxylic acids is 1. The molecule has 1 aliphatic carbocycles. The summed E-state index contributed by atoms with van der Waals surface area (Å²) in [5, 5.41) is 9.41. The van der Waals surface area contributed by atoms with Crippen molar-refractivity contribution in [2.24, 2.45) is 0 Å². The molecule has 190 valence electrons. The topological polar surface area (TPSA) is 93.1 Å². The minimum absolute atomic E-state index is 0.202.